The van der Waals surface area contributed by atoms with Crippen molar-refractivity contribution in [3.63, 3.8) is 0 Å². The van der Waals surface area contributed by atoms with Gasteiger partial charge in [-0.05, 0) is 67.8 Å². The predicted octanol–water partition coefficient (Wildman–Crippen LogP) is 5.40. The number of benzene rings is 3. The first kappa shape index (κ1) is 24.1. The summed E-state index contributed by atoms with van der Waals surface area (Å²) in [5.41, 5.74) is 3.01. The van der Waals surface area contributed by atoms with Gasteiger partial charge in [0.25, 0.3) is 5.91 Å². The number of rotatable bonds is 8. The molecule has 182 valence electrons. The number of ether oxygens (including phenoxy) is 1. The van der Waals surface area contributed by atoms with Crippen molar-refractivity contribution in [2.75, 3.05) is 35.2 Å². The van der Waals surface area contributed by atoms with E-state index in [-0.39, 0.29) is 18.3 Å². The van der Waals surface area contributed by atoms with Crippen molar-refractivity contribution in [1.82, 2.24) is 5.32 Å². The Balaban J connectivity index is 1.51. The molecular weight excluding hydrogens is 447 g/mol. The van der Waals surface area contributed by atoms with Crippen molar-refractivity contribution in [3.05, 3.63) is 83.7 Å². The fraction of sp³-hybridized carbons (Fsp3) is 0.259. The van der Waals surface area contributed by atoms with E-state index in [4.69, 9.17) is 4.74 Å². The van der Waals surface area contributed by atoms with E-state index < -0.39 is 6.03 Å². The van der Waals surface area contributed by atoms with Gasteiger partial charge in [0.1, 0.15) is 11.6 Å². The Kier molecular flexibility index (Phi) is 7.82. The second-order valence-electron chi connectivity index (χ2n) is 8.25. The fourth-order valence-electron chi connectivity index (χ4n) is 4.07. The second kappa shape index (κ2) is 11.4. The maximum Gasteiger partial charge on any atom is 0.323 e. The summed E-state index contributed by atoms with van der Waals surface area (Å²) in [6.07, 6.45) is 2.15. The molecule has 1 aliphatic rings. The van der Waals surface area contributed by atoms with Crippen LogP contribution in [0.5, 0.6) is 5.75 Å². The summed E-state index contributed by atoms with van der Waals surface area (Å²) in [6, 6.07) is 18.1. The molecule has 1 aliphatic heterocycles. The number of carbonyl (C=O) groups excluding carboxylic acids is 2. The maximum atomic E-state index is 13.4. The molecule has 0 spiro atoms. The molecule has 0 bridgehead atoms. The van der Waals surface area contributed by atoms with Gasteiger partial charge in [-0.2, -0.15) is 0 Å². The number of halogens is 1. The van der Waals surface area contributed by atoms with Crippen LogP contribution in [-0.4, -0.2) is 31.6 Å². The lowest BCUT2D eigenvalue weighted by Gasteiger charge is -2.22. The van der Waals surface area contributed by atoms with Crippen LogP contribution in [0.4, 0.5) is 26.2 Å². The van der Waals surface area contributed by atoms with E-state index in [1.807, 2.05) is 25.1 Å². The van der Waals surface area contributed by atoms with Crippen molar-refractivity contribution in [3.8, 4) is 5.75 Å². The molecule has 1 heterocycles. The van der Waals surface area contributed by atoms with Crippen LogP contribution >= 0.6 is 0 Å². The third-order valence-electron chi connectivity index (χ3n) is 5.73. The highest BCUT2D eigenvalue weighted by molar-refractivity contribution is 6.04. The van der Waals surface area contributed by atoms with Gasteiger partial charge in [0.2, 0.25) is 0 Å². The van der Waals surface area contributed by atoms with Gasteiger partial charge in [0.15, 0.2) is 0 Å². The third-order valence-corrected chi connectivity index (χ3v) is 5.73. The molecule has 35 heavy (non-hydrogen) atoms. The van der Waals surface area contributed by atoms with Crippen LogP contribution in [0.1, 0.15) is 35.7 Å². The Labute approximate surface area is 204 Å². The largest absolute Gasteiger partial charge is 0.492 e. The Hall–Kier alpha value is -4.07. The Morgan fingerprint density at radius 2 is 1.71 bits per heavy atom. The molecule has 0 aromatic heterocycles. The van der Waals surface area contributed by atoms with Crippen LogP contribution < -0.4 is 25.6 Å². The SMILES string of the molecule is CCOc1ccccc1NC(=O)Nc1cc(C(=O)NCc2cccc(F)c2)ccc1N1CCCC1. The number of anilines is 3. The van der Waals surface area contributed by atoms with Gasteiger partial charge in [-0.1, -0.05) is 24.3 Å². The standard InChI is InChI=1S/C27H29FN4O3/c1-2-35-25-11-4-3-10-22(25)30-27(34)31-23-17-20(12-13-24(23)32-14-5-6-15-32)26(33)29-18-19-8-7-9-21(28)16-19/h3-4,7-13,16-17H,2,5-6,14-15,18H2,1H3,(H,29,33)(H2,30,31,34). The van der Waals surface area contributed by atoms with Gasteiger partial charge < -0.3 is 25.6 Å². The highest BCUT2D eigenvalue weighted by atomic mass is 19.1. The highest BCUT2D eigenvalue weighted by Gasteiger charge is 2.19. The van der Waals surface area contributed by atoms with E-state index in [1.165, 1.54) is 12.1 Å². The summed E-state index contributed by atoms with van der Waals surface area (Å²) in [4.78, 5) is 27.9. The van der Waals surface area contributed by atoms with E-state index in [0.717, 1.165) is 31.6 Å². The summed E-state index contributed by atoms with van der Waals surface area (Å²) in [5.74, 6) is -0.0853. The number of nitrogens with zero attached hydrogens (tertiary/aromatic N) is 1. The van der Waals surface area contributed by atoms with E-state index in [0.29, 0.717) is 34.9 Å². The van der Waals surface area contributed by atoms with Crippen molar-refractivity contribution >= 4 is 29.0 Å². The molecule has 0 unspecified atom stereocenters. The minimum Gasteiger partial charge on any atom is -0.492 e. The van der Waals surface area contributed by atoms with E-state index in [9.17, 15) is 14.0 Å². The summed E-state index contributed by atoms with van der Waals surface area (Å²) < 4.78 is 19.0. The zero-order valence-corrected chi connectivity index (χ0v) is 19.6. The molecule has 3 aromatic carbocycles. The molecule has 3 amide bonds. The summed E-state index contributed by atoms with van der Waals surface area (Å²) >= 11 is 0. The maximum absolute atomic E-state index is 13.4. The van der Waals surface area contributed by atoms with Gasteiger partial charge in [-0.15, -0.1) is 0 Å². The number of amides is 3. The smallest absolute Gasteiger partial charge is 0.323 e. The Morgan fingerprint density at radius 3 is 2.49 bits per heavy atom. The van der Waals surface area contributed by atoms with Crippen LogP contribution in [0.2, 0.25) is 0 Å². The molecule has 1 fully saturated rings. The van der Waals surface area contributed by atoms with Crippen molar-refractivity contribution < 1.29 is 18.7 Å². The van der Waals surface area contributed by atoms with Gasteiger partial charge in [0.05, 0.1) is 23.7 Å². The minimum absolute atomic E-state index is 0.196. The third kappa shape index (κ3) is 6.29. The first-order chi connectivity index (χ1) is 17.0. The van der Waals surface area contributed by atoms with Crippen molar-refractivity contribution in [2.45, 2.75) is 26.3 Å². The monoisotopic (exact) mass is 476 g/mol. The minimum atomic E-state index is -0.435. The summed E-state index contributed by atoms with van der Waals surface area (Å²) in [5, 5.41) is 8.55. The number of nitrogens with one attached hydrogen (secondary N) is 3. The number of hydrogen-bond donors (Lipinski definition) is 3. The molecule has 0 radical (unpaired) electrons. The zero-order chi connectivity index (χ0) is 24.6. The normalized spacial score (nSPS) is 12.8. The van der Waals surface area contributed by atoms with Crippen molar-refractivity contribution in [1.29, 1.82) is 0 Å². The number of hydrogen-bond acceptors (Lipinski definition) is 4. The fourth-order valence-corrected chi connectivity index (χ4v) is 4.07. The molecule has 0 aliphatic carbocycles. The lowest BCUT2D eigenvalue weighted by atomic mass is 10.1. The van der Waals surface area contributed by atoms with Crippen molar-refractivity contribution in [2.24, 2.45) is 0 Å². The van der Waals surface area contributed by atoms with E-state index in [1.54, 1.807) is 36.4 Å². The Bertz CT molecular complexity index is 1190. The van der Waals surface area contributed by atoms with Gasteiger partial charge in [0, 0.05) is 25.2 Å². The number of carbonyl (C=O) groups is 2. The average molecular weight is 477 g/mol. The summed E-state index contributed by atoms with van der Waals surface area (Å²) in [7, 11) is 0. The van der Waals surface area contributed by atoms with Crippen LogP contribution in [0, 0.1) is 5.82 Å². The van der Waals surface area contributed by atoms with Crippen LogP contribution in [-0.2, 0) is 6.54 Å². The number of para-hydroxylation sites is 2. The van der Waals surface area contributed by atoms with Gasteiger partial charge >= 0.3 is 6.03 Å². The average Bonchev–Trinajstić information content (AvgIpc) is 3.39. The lowest BCUT2D eigenvalue weighted by molar-refractivity contribution is 0.0951. The molecule has 0 atom stereocenters. The van der Waals surface area contributed by atoms with Crippen LogP contribution in [0.25, 0.3) is 0 Å². The highest BCUT2D eigenvalue weighted by Crippen LogP contribution is 2.31. The van der Waals surface area contributed by atoms with Gasteiger partial charge in [-0.3, -0.25) is 4.79 Å². The topological polar surface area (TPSA) is 82.7 Å². The molecule has 0 saturated carbocycles. The first-order valence-corrected chi connectivity index (χ1v) is 11.7. The second-order valence-corrected chi connectivity index (χ2v) is 8.25. The predicted molar refractivity (Wildman–Crippen MR) is 136 cm³/mol. The number of urea groups is 1. The molecule has 4 rings (SSSR count). The Morgan fingerprint density at radius 1 is 0.943 bits per heavy atom. The molecule has 8 heteroatoms. The lowest BCUT2D eigenvalue weighted by Crippen LogP contribution is -2.26. The molecule has 7 nitrogen and oxygen atoms in total. The quantitative estimate of drug-likeness (QED) is 0.407. The summed E-state index contributed by atoms with van der Waals surface area (Å²) in [6.45, 7) is 4.32. The molecular formula is C27H29FN4O3. The molecule has 1 saturated heterocycles. The first-order valence-electron chi connectivity index (χ1n) is 11.7. The van der Waals surface area contributed by atoms with Crippen LogP contribution in [0.3, 0.4) is 0 Å². The zero-order valence-electron chi connectivity index (χ0n) is 19.6. The van der Waals surface area contributed by atoms with E-state index >= 15 is 0 Å². The molecule has 3 N–H and O–H groups in total. The van der Waals surface area contributed by atoms with E-state index in [2.05, 4.69) is 20.9 Å². The van der Waals surface area contributed by atoms with Crippen LogP contribution in [0.15, 0.2) is 66.7 Å². The molecule has 3 aromatic rings. The van der Waals surface area contributed by atoms with Gasteiger partial charge in [-0.25, -0.2) is 9.18 Å².